The second-order valence-electron chi connectivity index (χ2n) is 5.46. The van der Waals surface area contributed by atoms with Gasteiger partial charge in [-0.1, -0.05) is 0 Å². The molecule has 0 spiro atoms. The number of halogens is 2. The van der Waals surface area contributed by atoms with Crippen molar-refractivity contribution in [2.24, 2.45) is 7.05 Å². The highest BCUT2D eigenvalue weighted by Gasteiger charge is 2.26. The monoisotopic (exact) mass is 334 g/mol. The van der Waals surface area contributed by atoms with Crippen molar-refractivity contribution in [3.63, 3.8) is 0 Å². The third kappa shape index (κ3) is 2.97. The number of rotatable bonds is 4. The van der Waals surface area contributed by atoms with E-state index in [-0.39, 0.29) is 16.9 Å². The van der Waals surface area contributed by atoms with E-state index < -0.39 is 29.1 Å². The number of amides is 1. The fourth-order valence-electron chi connectivity index (χ4n) is 2.57. The lowest BCUT2D eigenvalue weighted by atomic mass is 10.0. The van der Waals surface area contributed by atoms with Gasteiger partial charge in [-0.05, 0) is 31.5 Å². The first-order valence-corrected chi connectivity index (χ1v) is 7.12. The summed E-state index contributed by atoms with van der Waals surface area (Å²) in [5.41, 5.74) is 1.26. The molecule has 0 aliphatic carbocycles. The average Bonchev–Trinajstić information content (AvgIpc) is 2.72. The van der Waals surface area contributed by atoms with Gasteiger partial charge in [0.25, 0.3) is 5.91 Å². The number of carbonyl (C=O) groups is 3. The molecule has 0 atom stereocenters. The van der Waals surface area contributed by atoms with E-state index in [9.17, 15) is 23.2 Å². The summed E-state index contributed by atoms with van der Waals surface area (Å²) in [5, 5.41) is 2.45. The van der Waals surface area contributed by atoms with Gasteiger partial charge < -0.3 is 9.88 Å². The molecule has 1 amide bonds. The minimum atomic E-state index is -1.08. The van der Waals surface area contributed by atoms with Crippen molar-refractivity contribution in [2.45, 2.75) is 20.8 Å². The van der Waals surface area contributed by atoms with Crippen LogP contribution in [0.2, 0.25) is 0 Å². The molecule has 1 heterocycles. The van der Waals surface area contributed by atoms with Crippen LogP contribution in [-0.2, 0) is 11.8 Å². The van der Waals surface area contributed by atoms with Gasteiger partial charge in [0.2, 0.25) is 5.78 Å². The highest BCUT2D eigenvalue weighted by Crippen LogP contribution is 2.23. The third-order valence-electron chi connectivity index (χ3n) is 3.87. The molecule has 0 unspecified atom stereocenters. The van der Waals surface area contributed by atoms with Crippen molar-refractivity contribution >= 4 is 23.2 Å². The van der Waals surface area contributed by atoms with Crippen molar-refractivity contribution in [3.05, 3.63) is 52.3 Å². The Morgan fingerprint density at radius 1 is 1.08 bits per heavy atom. The van der Waals surface area contributed by atoms with Crippen molar-refractivity contribution in [3.8, 4) is 0 Å². The van der Waals surface area contributed by atoms with Gasteiger partial charge in [-0.15, -0.1) is 0 Å². The zero-order valence-electron chi connectivity index (χ0n) is 13.7. The predicted molar refractivity (Wildman–Crippen MR) is 84.2 cm³/mol. The molecule has 1 aromatic carbocycles. The van der Waals surface area contributed by atoms with Crippen LogP contribution in [0.15, 0.2) is 18.2 Å². The van der Waals surface area contributed by atoms with Crippen LogP contribution < -0.4 is 5.32 Å². The molecule has 0 fully saturated rings. The predicted octanol–water partition coefficient (Wildman–Crippen LogP) is 2.94. The summed E-state index contributed by atoms with van der Waals surface area (Å²) in [6.07, 6.45) is 0. The summed E-state index contributed by atoms with van der Waals surface area (Å²) in [5.74, 6) is -3.99. The van der Waals surface area contributed by atoms with E-state index in [0.29, 0.717) is 11.3 Å². The van der Waals surface area contributed by atoms with E-state index >= 15 is 0 Å². The Labute approximate surface area is 137 Å². The molecule has 1 aromatic heterocycles. The minimum absolute atomic E-state index is 0.0802. The van der Waals surface area contributed by atoms with Crippen molar-refractivity contribution < 1.29 is 23.2 Å². The van der Waals surface area contributed by atoms with Gasteiger partial charge in [-0.25, -0.2) is 8.78 Å². The summed E-state index contributed by atoms with van der Waals surface area (Å²) in [4.78, 5) is 35.9. The van der Waals surface area contributed by atoms with Crippen molar-refractivity contribution in [1.82, 2.24) is 4.57 Å². The SMILES string of the molecule is CC(=O)C(=O)c1c(C)c(C(=O)Nc2ccc(F)c(F)c2)n(C)c1C. The molecule has 2 rings (SSSR count). The van der Waals surface area contributed by atoms with Gasteiger partial charge in [0.1, 0.15) is 5.69 Å². The van der Waals surface area contributed by atoms with Crippen LogP contribution in [0.1, 0.15) is 39.0 Å². The Bertz CT molecular complexity index is 869. The molecule has 126 valence electrons. The highest BCUT2D eigenvalue weighted by atomic mass is 19.2. The molecule has 5 nitrogen and oxygen atoms in total. The average molecular weight is 334 g/mol. The summed E-state index contributed by atoms with van der Waals surface area (Å²) in [6, 6.07) is 2.99. The second kappa shape index (κ2) is 6.35. The first-order chi connectivity index (χ1) is 11.1. The first kappa shape index (κ1) is 17.5. The Hall–Kier alpha value is -2.83. The Morgan fingerprint density at radius 3 is 2.25 bits per heavy atom. The lowest BCUT2D eigenvalue weighted by Gasteiger charge is -2.08. The Morgan fingerprint density at radius 2 is 1.71 bits per heavy atom. The van der Waals surface area contributed by atoms with E-state index in [4.69, 9.17) is 0 Å². The molecule has 24 heavy (non-hydrogen) atoms. The molecule has 0 saturated heterocycles. The van der Waals surface area contributed by atoms with Crippen LogP contribution in [0.3, 0.4) is 0 Å². The Kier molecular flexibility index (Phi) is 4.64. The number of anilines is 1. The fraction of sp³-hybridized carbons (Fsp3) is 0.235. The zero-order valence-corrected chi connectivity index (χ0v) is 13.7. The van der Waals surface area contributed by atoms with Gasteiger partial charge in [-0.3, -0.25) is 14.4 Å². The number of Topliss-reactive ketones (excluding diaryl/α,β-unsaturated/α-hetero) is 2. The molecule has 1 N–H and O–H groups in total. The van der Waals surface area contributed by atoms with Crippen LogP contribution in [0, 0.1) is 25.5 Å². The molecule has 0 saturated carbocycles. The highest BCUT2D eigenvalue weighted by molar-refractivity contribution is 6.43. The largest absolute Gasteiger partial charge is 0.343 e. The number of carbonyl (C=O) groups excluding carboxylic acids is 3. The summed E-state index contributed by atoms with van der Waals surface area (Å²) in [7, 11) is 1.58. The van der Waals surface area contributed by atoms with Crippen LogP contribution in [0.5, 0.6) is 0 Å². The van der Waals surface area contributed by atoms with E-state index in [0.717, 1.165) is 19.1 Å². The van der Waals surface area contributed by atoms with Gasteiger partial charge in [0, 0.05) is 31.4 Å². The lowest BCUT2D eigenvalue weighted by Crippen LogP contribution is -2.17. The van der Waals surface area contributed by atoms with Crippen molar-refractivity contribution in [2.75, 3.05) is 5.32 Å². The van der Waals surface area contributed by atoms with Gasteiger partial charge in [0.05, 0.1) is 5.56 Å². The molecule has 0 radical (unpaired) electrons. The maximum atomic E-state index is 13.2. The second-order valence-corrected chi connectivity index (χ2v) is 5.46. The number of ketones is 2. The number of nitrogens with one attached hydrogen (secondary N) is 1. The summed E-state index contributed by atoms with van der Waals surface area (Å²) < 4.78 is 27.7. The van der Waals surface area contributed by atoms with Crippen LogP contribution in [0.4, 0.5) is 14.5 Å². The van der Waals surface area contributed by atoms with Crippen LogP contribution in [-0.4, -0.2) is 22.0 Å². The summed E-state index contributed by atoms with van der Waals surface area (Å²) in [6.45, 7) is 4.34. The van der Waals surface area contributed by atoms with E-state index in [1.54, 1.807) is 20.9 Å². The minimum Gasteiger partial charge on any atom is -0.343 e. The number of benzene rings is 1. The molecule has 0 aliphatic heterocycles. The van der Waals surface area contributed by atoms with Gasteiger partial charge in [0.15, 0.2) is 17.4 Å². The lowest BCUT2D eigenvalue weighted by molar-refractivity contribution is -0.113. The van der Waals surface area contributed by atoms with E-state index in [1.807, 2.05) is 0 Å². The maximum absolute atomic E-state index is 13.2. The van der Waals surface area contributed by atoms with Crippen LogP contribution >= 0.6 is 0 Å². The quantitative estimate of drug-likeness (QED) is 0.690. The third-order valence-corrected chi connectivity index (χ3v) is 3.87. The maximum Gasteiger partial charge on any atom is 0.272 e. The molecule has 7 heteroatoms. The standard InChI is InChI=1S/C17H16F2N2O3/c1-8-14(16(23)10(3)22)9(2)21(4)15(8)17(24)20-11-5-6-12(18)13(19)7-11/h5-7H,1-4H3,(H,20,24). The molecule has 2 aromatic rings. The number of hydrogen-bond donors (Lipinski definition) is 1. The number of aromatic nitrogens is 1. The van der Waals surface area contributed by atoms with Gasteiger partial charge >= 0.3 is 0 Å². The van der Waals surface area contributed by atoms with E-state index in [1.165, 1.54) is 10.6 Å². The fourth-order valence-corrected chi connectivity index (χ4v) is 2.57. The zero-order chi connectivity index (χ0) is 18.2. The van der Waals surface area contributed by atoms with Crippen LogP contribution in [0.25, 0.3) is 0 Å². The smallest absolute Gasteiger partial charge is 0.272 e. The normalized spacial score (nSPS) is 10.6. The van der Waals surface area contributed by atoms with Gasteiger partial charge in [-0.2, -0.15) is 0 Å². The first-order valence-electron chi connectivity index (χ1n) is 7.12. The molecular formula is C17H16F2N2O3. The van der Waals surface area contributed by atoms with E-state index in [2.05, 4.69) is 5.32 Å². The molecule has 0 aliphatic rings. The van der Waals surface area contributed by atoms with Crippen molar-refractivity contribution in [1.29, 1.82) is 0 Å². The number of nitrogens with zero attached hydrogens (tertiary/aromatic N) is 1. The Balaban J connectivity index is 2.43. The number of hydrogen-bond acceptors (Lipinski definition) is 3. The molecular weight excluding hydrogens is 318 g/mol. The summed E-state index contributed by atoms with van der Waals surface area (Å²) >= 11 is 0. The molecule has 0 bridgehead atoms. The topological polar surface area (TPSA) is 68.2 Å².